The highest BCUT2D eigenvalue weighted by Gasteiger charge is 2.06. The monoisotopic (exact) mass is 271 g/mol. The molecule has 5 heteroatoms. The van der Waals surface area contributed by atoms with Gasteiger partial charge in [0.1, 0.15) is 0 Å². The molecule has 0 bridgehead atoms. The lowest BCUT2D eigenvalue weighted by Crippen LogP contribution is -2.16. The summed E-state index contributed by atoms with van der Waals surface area (Å²) in [5.41, 5.74) is 0.889. The molecule has 0 saturated heterocycles. The van der Waals surface area contributed by atoms with E-state index in [1.54, 1.807) is 0 Å². The Hall–Kier alpha value is -1.03. The standard InChI is InChI=1S/C13H22ClN3O/c1-4-6-11(14)9-15-13-16-10(3)8-12(17-13)18-7-5-2/h8,11H,4-7,9H2,1-3H3,(H,15,16,17). The van der Waals surface area contributed by atoms with Crippen molar-refractivity contribution in [2.45, 2.75) is 45.4 Å². The fraction of sp³-hybridized carbons (Fsp3) is 0.692. The smallest absolute Gasteiger partial charge is 0.226 e. The Morgan fingerprint density at radius 2 is 2.11 bits per heavy atom. The molecule has 0 aromatic carbocycles. The Labute approximate surface area is 114 Å². The van der Waals surface area contributed by atoms with Crippen LogP contribution in [-0.2, 0) is 0 Å². The molecule has 0 radical (unpaired) electrons. The first-order valence-electron chi connectivity index (χ1n) is 6.52. The zero-order valence-corrected chi connectivity index (χ0v) is 12.1. The number of rotatable bonds is 8. The average Bonchev–Trinajstić information content (AvgIpc) is 2.34. The third-order valence-corrected chi connectivity index (χ3v) is 2.74. The highest BCUT2D eigenvalue weighted by molar-refractivity contribution is 6.20. The quantitative estimate of drug-likeness (QED) is 0.736. The summed E-state index contributed by atoms with van der Waals surface area (Å²) in [6.07, 6.45) is 3.03. The summed E-state index contributed by atoms with van der Waals surface area (Å²) in [6.45, 7) is 7.46. The van der Waals surface area contributed by atoms with Gasteiger partial charge in [0.15, 0.2) is 0 Å². The van der Waals surface area contributed by atoms with E-state index < -0.39 is 0 Å². The molecule has 0 aliphatic heterocycles. The number of anilines is 1. The molecule has 102 valence electrons. The first-order valence-corrected chi connectivity index (χ1v) is 6.95. The van der Waals surface area contributed by atoms with Crippen LogP contribution in [0.2, 0.25) is 0 Å². The van der Waals surface area contributed by atoms with E-state index >= 15 is 0 Å². The summed E-state index contributed by atoms with van der Waals surface area (Å²) in [6, 6.07) is 1.84. The van der Waals surface area contributed by atoms with E-state index in [9.17, 15) is 0 Å². The normalized spacial score (nSPS) is 12.2. The van der Waals surface area contributed by atoms with Crippen molar-refractivity contribution in [2.24, 2.45) is 0 Å². The largest absolute Gasteiger partial charge is 0.478 e. The maximum atomic E-state index is 6.14. The third kappa shape index (κ3) is 5.54. The van der Waals surface area contributed by atoms with Crippen molar-refractivity contribution in [2.75, 3.05) is 18.5 Å². The van der Waals surface area contributed by atoms with Crippen molar-refractivity contribution in [3.63, 3.8) is 0 Å². The number of hydrogen-bond donors (Lipinski definition) is 1. The maximum Gasteiger partial charge on any atom is 0.226 e. The lowest BCUT2D eigenvalue weighted by atomic mass is 10.2. The zero-order valence-electron chi connectivity index (χ0n) is 11.4. The molecule has 1 aromatic rings. The van der Waals surface area contributed by atoms with Gasteiger partial charge in [0.25, 0.3) is 0 Å². The number of alkyl halides is 1. The number of hydrogen-bond acceptors (Lipinski definition) is 4. The van der Waals surface area contributed by atoms with Crippen LogP contribution >= 0.6 is 11.6 Å². The number of ether oxygens (including phenoxy) is 1. The highest BCUT2D eigenvalue weighted by atomic mass is 35.5. The van der Waals surface area contributed by atoms with Gasteiger partial charge in [0.05, 0.1) is 12.0 Å². The van der Waals surface area contributed by atoms with Crippen LogP contribution in [0.25, 0.3) is 0 Å². The van der Waals surface area contributed by atoms with Gasteiger partial charge in [-0.05, 0) is 19.8 Å². The number of aryl methyl sites for hydroxylation is 1. The van der Waals surface area contributed by atoms with Crippen LogP contribution in [0.1, 0.15) is 38.8 Å². The fourth-order valence-corrected chi connectivity index (χ4v) is 1.81. The Morgan fingerprint density at radius 1 is 1.33 bits per heavy atom. The average molecular weight is 272 g/mol. The van der Waals surface area contributed by atoms with Crippen molar-refractivity contribution >= 4 is 17.5 Å². The topological polar surface area (TPSA) is 47.0 Å². The molecule has 0 spiro atoms. The first kappa shape index (κ1) is 15.0. The third-order valence-electron chi connectivity index (χ3n) is 2.37. The summed E-state index contributed by atoms with van der Waals surface area (Å²) in [5.74, 6) is 1.20. The van der Waals surface area contributed by atoms with E-state index in [0.29, 0.717) is 25.0 Å². The molecule has 0 saturated carbocycles. The minimum atomic E-state index is 0.110. The maximum absolute atomic E-state index is 6.14. The number of nitrogens with zero attached hydrogens (tertiary/aromatic N) is 2. The molecule has 1 rings (SSSR count). The van der Waals surface area contributed by atoms with Crippen molar-refractivity contribution in [3.05, 3.63) is 11.8 Å². The number of nitrogens with one attached hydrogen (secondary N) is 1. The molecule has 1 aromatic heterocycles. The first-order chi connectivity index (χ1) is 8.65. The van der Waals surface area contributed by atoms with Crippen LogP contribution in [0.15, 0.2) is 6.07 Å². The van der Waals surface area contributed by atoms with Gasteiger partial charge in [0.2, 0.25) is 11.8 Å². The molecular formula is C13H22ClN3O. The van der Waals surface area contributed by atoms with Gasteiger partial charge in [0, 0.05) is 18.3 Å². The summed E-state index contributed by atoms with van der Waals surface area (Å²) in [5, 5.41) is 3.26. The van der Waals surface area contributed by atoms with Gasteiger partial charge in [-0.25, -0.2) is 4.98 Å². The Morgan fingerprint density at radius 3 is 2.78 bits per heavy atom. The second-order valence-electron chi connectivity index (χ2n) is 4.29. The van der Waals surface area contributed by atoms with Gasteiger partial charge in [-0.15, -0.1) is 11.6 Å². The van der Waals surface area contributed by atoms with Crippen LogP contribution in [0.3, 0.4) is 0 Å². The fourth-order valence-electron chi connectivity index (χ4n) is 1.52. The molecule has 0 fully saturated rings. The van der Waals surface area contributed by atoms with E-state index in [1.165, 1.54) is 0 Å². The van der Waals surface area contributed by atoms with E-state index in [2.05, 4.69) is 29.1 Å². The molecular weight excluding hydrogens is 250 g/mol. The van der Waals surface area contributed by atoms with Crippen LogP contribution in [0.4, 0.5) is 5.95 Å². The van der Waals surface area contributed by atoms with Crippen LogP contribution < -0.4 is 10.1 Å². The van der Waals surface area contributed by atoms with Crippen molar-refractivity contribution in [3.8, 4) is 5.88 Å². The van der Waals surface area contributed by atoms with Gasteiger partial charge >= 0.3 is 0 Å². The van der Waals surface area contributed by atoms with Gasteiger partial charge < -0.3 is 10.1 Å². The Kier molecular flexibility index (Phi) is 6.80. The minimum absolute atomic E-state index is 0.110. The van der Waals surface area contributed by atoms with Crippen LogP contribution in [-0.4, -0.2) is 28.5 Å². The van der Waals surface area contributed by atoms with Gasteiger partial charge in [-0.3, -0.25) is 0 Å². The van der Waals surface area contributed by atoms with Gasteiger partial charge in [-0.2, -0.15) is 4.98 Å². The molecule has 0 aliphatic rings. The van der Waals surface area contributed by atoms with Crippen molar-refractivity contribution < 1.29 is 4.74 Å². The lowest BCUT2D eigenvalue weighted by Gasteiger charge is -2.11. The summed E-state index contributed by atoms with van der Waals surface area (Å²) in [4.78, 5) is 8.61. The molecule has 18 heavy (non-hydrogen) atoms. The second kappa shape index (κ2) is 8.14. The minimum Gasteiger partial charge on any atom is -0.478 e. The van der Waals surface area contributed by atoms with Crippen LogP contribution in [0.5, 0.6) is 5.88 Å². The van der Waals surface area contributed by atoms with Crippen LogP contribution in [0, 0.1) is 6.92 Å². The molecule has 1 heterocycles. The van der Waals surface area contributed by atoms with E-state index in [4.69, 9.17) is 16.3 Å². The van der Waals surface area contributed by atoms with E-state index in [-0.39, 0.29) is 5.38 Å². The predicted molar refractivity (Wildman–Crippen MR) is 75.6 cm³/mol. The van der Waals surface area contributed by atoms with E-state index in [1.807, 2.05) is 13.0 Å². The number of halogens is 1. The Balaban J connectivity index is 2.56. The molecule has 1 N–H and O–H groups in total. The molecule has 0 aliphatic carbocycles. The zero-order chi connectivity index (χ0) is 13.4. The van der Waals surface area contributed by atoms with E-state index in [0.717, 1.165) is 25.0 Å². The SMILES string of the molecule is CCCOc1cc(C)nc(NCC(Cl)CCC)n1. The Bertz CT molecular complexity index is 360. The highest BCUT2D eigenvalue weighted by Crippen LogP contribution is 2.13. The summed E-state index contributed by atoms with van der Waals surface area (Å²) >= 11 is 6.14. The molecule has 1 unspecified atom stereocenters. The molecule has 1 atom stereocenters. The summed E-state index contributed by atoms with van der Waals surface area (Å²) in [7, 11) is 0. The second-order valence-corrected chi connectivity index (χ2v) is 4.90. The number of aromatic nitrogens is 2. The lowest BCUT2D eigenvalue weighted by molar-refractivity contribution is 0.305. The molecule has 0 amide bonds. The molecule has 4 nitrogen and oxygen atoms in total. The summed E-state index contributed by atoms with van der Waals surface area (Å²) < 4.78 is 5.51. The predicted octanol–water partition coefficient (Wildman–Crippen LogP) is 3.39. The van der Waals surface area contributed by atoms with Gasteiger partial charge in [-0.1, -0.05) is 20.3 Å². The van der Waals surface area contributed by atoms with Crippen molar-refractivity contribution in [1.82, 2.24) is 9.97 Å². The van der Waals surface area contributed by atoms with Crippen molar-refractivity contribution in [1.29, 1.82) is 0 Å².